The summed E-state index contributed by atoms with van der Waals surface area (Å²) < 4.78 is 23.2. The van der Waals surface area contributed by atoms with Gasteiger partial charge in [-0.15, -0.1) is 0 Å². The lowest BCUT2D eigenvalue weighted by molar-refractivity contribution is -0.132. The number of furan rings is 2. The fourth-order valence-corrected chi connectivity index (χ4v) is 4.79. The van der Waals surface area contributed by atoms with E-state index in [1.807, 2.05) is 25.1 Å². The van der Waals surface area contributed by atoms with E-state index in [1.165, 1.54) is 12.7 Å². The molecule has 1 aliphatic carbocycles. The average Bonchev–Trinajstić information content (AvgIpc) is 3.56. The maximum atomic E-state index is 13.7. The number of hydrogen-bond donors (Lipinski definition) is 2. The van der Waals surface area contributed by atoms with Gasteiger partial charge in [0, 0.05) is 6.04 Å². The molecule has 1 aromatic carbocycles. The van der Waals surface area contributed by atoms with E-state index in [1.54, 1.807) is 30.3 Å². The first-order chi connectivity index (χ1) is 17.1. The molecule has 184 valence electrons. The zero-order valence-corrected chi connectivity index (χ0v) is 19.7. The highest BCUT2D eigenvalue weighted by molar-refractivity contribution is 5.87. The molecule has 2 N–H and O–H groups in total. The Hall–Kier alpha value is -3.68. The molecule has 3 aromatic rings. The number of carbonyl (C=O) groups excluding carboxylic acids is 2. The van der Waals surface area contributed by atoms with Crippen LogP contribution in [-0.4, -0.2) is 30.6 Å². The quantitative estimate of drug-likeness (QED) is 0.521. The van der Waals surface area contributed by atoms with Crippen LogP contribution >= 0.6 is 0 Å². The van der Waals surface area contributed by atoms with Crippen LogP contribution in [0.2, 0.25) is 0 Å². The van der Waals surface area contributed by atoms with Gasteiger partial charge in [0.2, 0.25) is 12.0 Å². The molecule has 35 heavy (non-hydrogen) atoms. The second-order valence-electron chi connectivity index (χ2n) is 9.14. The number of benzene rings is 1. The summed E-state index contributed by atoms with van der Waals surface area (Å²) in [6, 6.07) is 13.6. The van der Waals surface area contributed by atoms with Gasteiger partial charge < -0.3 is 28.9 Å². The smallest absolute Gasteiger partial charge is 0.265 e. The summed E-state index contributed by atoms with van der Waals surface area (Å²) in [5.41, 5.74) is 0. The molecule has 0 saturated heterocycles. The maximum Gasteiger partial charge on any atom is 0.265 e. The highest BCUT2D eigenvalue weighted by Crippen LogP contribution is 2.35. The number of hydrogen-bond acceptors (Lipinski definition) is 6. The van der Waals surface area contributed by atoms with Gasteiger partial charge in [0.15, 0.2) is 11.5 Å². The number of amides is 2. The van der Waals surface area contributed by atoms with Crippen molar-refractivity contribution in [1.29, 1.82) is 0 Å². The first-order valence-electron chi connectivity index (χ1n) is 12.2. The van der Waals surface area contributed by atoms with E-state index in [0.29, 0.717) is 28.8 Å². The monoisotopic (exact) mass is 478 g/mol. The number of rotatable bonds is 7. The minimum absolute atomic E-state index is 0.0620. The highest BCUT2D eigenvalue weighted by Gasteiger charge is 2.39. The maximum absolute atomic E-state index is 13.7. The van der Waals surface area contributed by atoms with Crippen molar-refractivity contribution in [2.24, 2.45) is 0 Å². The Morgan fingerprint density at radius 3 is 2.46 bits per heavy atom. The van der Waals surface area contributed by atoms with Gasteiger partial charge in [0.1, 0.15) is 35.8 Å². The van der Waals surface area contributed by atoms with Crippen LogP contribution in [0, 0.1) is 6.92 Å². The summed E-state index contributed by atoms with van der Waals surface area (Å²) in [6.45, 7) is 1.89. The minimum atomic E-state index is -0.872. The summed E-state index contributed by atoms with van der Waals surface area (Å²) in [6.07, 6.45) is 5.91. The fraction of sp³-hybridized carbons (Fsp3) is 0.407. The van der Waals surface area contributed by atoms with E-state index in [9.17, 15) is 9.59 Å². The molecule has 1 fully saturated rings. The topological polar surface area (TPSA) is 103 Å². The second kappa shape index (κ2) is 10.3. The Balaban J connectivity index is 1.41. The Labute approximate surface area is 204 Å². The average molecular weight is 479 g/mol. The Bertz CT molecular complexity index is 1150. The molecule has 8 heteroatoms. The van der Waals surface area contributed by atoms with E-state index in [-0.39, 0.29) is 18.6 Å². The van der Waals surface area contributed by atoms with E-state index >= 15 is 0 Å². The van der Waals surface area contributed by atoms with Gasteiger partial charge in [0.25, 0.3) is 5.91 Å². The Kier molecular flexibility index (Phi) is 6.79. The van der Waals surface area contributed by atoms with E-state index in [4.69, 9.17) is 18.3 Å². The van der Waals surface area contributed by atoms with Crippen molar-refractivity contribution >= 4 is 11.8 Å². The lowest BCUT2D eigenvalue weighted by atomic mass is 9.91. The third kappa shape index (κ3) is 5.21. The largest absolute Gasteiger partial charge is 0.485 e. The molecule has 3 heterocycles. The zero-order valence-electron chi connectivity index (χ0n) is 19.7. The molecule has 0 radical (unpaired) electrons. The number of para-hydroxylation sites is 2. The summed E-state index contributed by atoms with van der Waals surface area (Å²) in [5, 5.41) is 6.17. The number of aryl methyl sites for hydroxylation is 1. The van der Waals surface area contributed by atoms with Gasteiger partial charge in [-0.2, -0.15) is 0 Å². The van der Waals surface area contributed by atoms with Gasteiger partial charge in [-0.05, 0) is 56.2 Å². The number of nitrogens with one attached hydrogen (secondary N) is 2. The standard InChI is InChI=1S/C27H30N2O6/c1-17-13-14-21(34-17)24(27(31)28-18-8-3-2-4-9-18)25(22-12-7-15-32-22)29-26(30)23-16-33-19-10-5-6-11-20(19)35-23/h5-7,10-15,18,23-25H,2-4,8-9,16H2,1H3,(H,28,31)(H,29,30). The zero-order chi connectivity index (χ0) is 24.2. The van der Waals surface area contributed by atoms with Crippen molar-refractivity contribution in [3.05, 3.63) is 72.1 Å². The fourth-order valence-electron chi connectivity index (χ4n) is 4.79. The lowest BCUT2D eigenvalue weighted by Crippen LogP contribution is -2.49. The molecule has 3 atom stereocenters. The van der Waals surface area contributed by atoms with E-state index in [2.05, 4.69) is 10.6 Å². The van der Waals surface area contributed by atoms with Crippen LogP contribution in [0.15, 0.2) is 63.6 Å². The van der Waals surface area contributed by atoms with Crippen molar-refractivity contribution in [2.45, 2.75) is 63.1 Å². The molecule has 1 saturated carbocycles. The number of ether oxygens (including phenoxy) is 2. The van der Waals surface area contributed by atoms with Crippen LogP contribution in [-0.2, 0) is 9.59 Å². The van der Waals surface area contributed by atoms with Gasteiger partial charge in [0.05, 0.1) is 6.26 Å². The van der Waals surface area contributed by atoms with Crippen LogP contribution in [0.3, 0.4) is 0 Å². The summed E-state index contributed by atoms with van der Waals surface area (Å²) in [5.74, 6) is 1.26. The molecule has 8 nitrogen and oxygen atoms in total. The van der Waals surface area contributed by atoms with Crippen molar-refractivity contribution in [3.63, 3.8) is 0 Å². The first-order valence-corrected chi connectivity index (χ1v) is 12.2. The second-order valence-corrected chi connectivity index (χ2v) is 9.14. The molecule has 2 amide bonds. The van der Waals surface area contributed by atoms with E-state index in [0.717, 1.165) is 25.7 Å². The highest BCUT2D eigenvalue weighted by atomic mass is 16.6. The van der Waals surface area contributed by atoms with Crippen LogP contribution < -0.4 is 20.1 Å². The molecule has 3 unspecified atom stereocenters. The molecule has 1 aliphatic heterocycles. The van der Waals surface area contributed by atoms with Crippen LogP contribution in [0.5, 0.6) is 11.5 Å². The Morgan fingerprint density at radius 1 is 0.943 bits per heavy atom. The third-order valence-electron chi connectivity index (χ3n) is 6.58. The predicted molar refractivity (Wildman–Crippen MR) is 127 cm³/mol. The van der Waals surface area contributed by atoms with Crippen molar-refractivity contribution in [2.75, 3.05) is 6.61 Å². The lowest BCUT2D eigenvalue weighted by Gasteiger charge is -2.30. The summed E-state index contributed by atoms with van der Waals surface area (Å²) >= 11 is 0. The van der Waals surface area contributed by atoms with Gasteiger partial charge in [-0.1, -0.05) is 31.4 Å². The van der Waals surface area contributed by atoms with Crippen LogP contribution in [0.4, 0.5) is 0 Å². The minimum Gasteiger partial charge on any atom is -0.485 e. The number of carbonyl (C=O) groups is 2. The van der Waals surface area contributed by atoms with Gasteiger partial charge in [-0.25, -0.2) is 0 Å². The molecule has 0 spiro atoms. The van der Waals surface area contributed by atoms with Crippen molar-refractivity contribution in [3.8, 4) is 11.5 Å². The number of fused-ring (bicyclic) bond motifs is 1. The van der Waals surface area contributed by atoms with Crippen LogP contribution in [0.1, 0.15) is 61.3 Å². The van der Waals surface area contributed by atoms with E-state index < -0.39 is 24.0 Å². The van der Waals surface area contributed by atoms with Gasteiger partial charge in [-0.3, -0.25) is 9.59 Å². The molecule has 2 aliphatic rings. The molecular weight excluding hydrogens is 448 g/mol. The molecule has 2 aromatic heterocycles. The Morgan fingerprint density at radius 2 is 1.74 bits per heavy atom. The summed E-state index contributed by atoms with van der Waals surface area (Å²) in [7, 11) is 0. The normalized spacial score (nSPS) is 19.5. The molecule has 5 rings (SSSR count). The predicted octanol–water partition coefficient (Wildman–Crippen LogP) is 4.41. The van der Waals surface area contributed by atoms with Crippen molar-refractivity contribution < 1.29 is 27.9 Å². The SMILES string of the molecule is Cc1ccc(C(C(=O)NC2CCCCC2)C(NC(=O)C2COc3ccccc3O2)c2ccco2)o1. The summed E-state index contributed by atoms with van der Waals surface area (Å²) in [4.78, 5) is 27.0. The van der Waals surface area contributed by atoms with Gasteiger partial charge >= 0.3 is 0 Å². The first kappa shape index (κ1) is 23.1. The third-order valence-corrected chi connectivity index (χ3v) is 6.58. The molecular formula is C27H30N2O6. The molecule has 0 bridgehead atoms. The van der Waals surface area contributed by atoms with Crippen LogP contribution in [0.25, 0.3) is 0 Å². The van der Waals surface area contributed by atoms with Crippen molar-refractivity contribution in [1.82, 2.24) is 10.6 Å².